The van der Waals surface area contributed by atoms with Crippen LogP contribution in [0, 0.1) is 5.92 Å². The third kappa shape index (κ3) is 4.84. The second-order valence-corrected chi connectivity index (χ2v) is 6.81. The predicted octanol–water partition coefficient (Wildman–Crippen LogP) is 2.41. The van der Waals surface area contributed by atoms with E-state index in [1.54, 1.807) is 11.1 Å². The van der Waals surface area contributed by atoms with Crippen LogP contribution >= 0.6 is 0 Å². The minimum Gasteiger partial charge on any atom is -0.481 e. The molecular formula is C18H25N3O4. The molecule has 3 rings (SSSR count). The second-order valence-electron chi connectivity index (χ2n) is 6.81. The van der Waals surface area contributed by atoms with Gasteiger partial charge in [0.1, 0.15) is 6.10 Å². The number of urea groups is 1. The highest BCUT2D eigenvalue weighted by molar-refractivity contribution is 5.77. The maximum absolute atomic E-state index is 12.2. The summed E-state index contributed by atoms with van der Waals surface area (Å²) < 4.78 is 5.94. The molecule has 1 aromatic rings. The van der Waals surface area contributed by atoms with Crippen molar-refractivity contribution in [2.75, 3.05) is 13.1 Å². The lowest BCUT2D eigenvalue weighted by molar-refractivity contribution is -0.141. The van der Waals surface area contributed by atoms with Crippen molar-refractivity contribution in [3.05, 3.63) is 23.9 Å². The molecule has 2 fully saturated rings. The molecule has 2 heterocycles. The number of nitrogens with one attached hydrogen (secondary N) is 1. The fourth-order valence-electron chi connectivity index (χ4n) is 3.41. The summed E-state index contributed by atoms with van der Waals surface area (Å²) >= 11 is 0. The van der Waals surface area contributed by atoms with Crippen molar-refractivity contribution in [2.45, 2.75) is 51.2 Å². The Morgan fingerprint density at radius 2 is 2.08 bits per heavy atom. The van der Waals surface area contributed by atoms with Gasteiger partial charge in [0.15, 0.2) is 0 Å². The molecule has 0 aromatic carbocycles. The Bertz CT molecular complexity index is 616. The standard InChI is InChI=1S/C18H25N3O4/c22-17(23)14-7-9-21(12-14)18(24)20-11-13-6-8-19-16(10-13)25-15-4-2-1-3-5-15/h6,8,10,14-15H,1-5,7,9,11-12H2,(H,20,24)(H,22,23). The molecule has 1 aliphatic heterocycles. The van der Waals surface area contributed by atoms with Gasteiger partial charge in [-0.3, -0.25) is 4.79 Å². The minimum absolute atomic E-state index is 0.227. The number of nitrogens with zero attached hydrogens (tertiary/aromatic N) is 2. The number of aliphatic carboxylic acids is 1. The maximum atomic E-state index is 12.2. The molecule has 0 bridgehead atoms. The Morgan fingerprint density at radius 3 is 2.80 bits per heavy atom. The summed E-state index contributed by atoms with van der Waals surface area (Å²) in [6.07, 6.45) is 8.27. The Labute approximate surface area is 147 Å². The highest BCUT2D eigenvalue weighted by Gasteiger charge is 2.30. The lowest BCUT2D eigenvalue weighted by Gasteiger charge is -2.22. The van der Waals surface area contributed by atoms with Crippen LogP contribution in [0.5, 0.6) is 5.88 Å². The van der Waals surface area contributed by atoms with Crippen LogP contribution in [0.1, 0.15) is 44.1 Å². The summed E-state index contributed by atoms with van der Waals surface area (Å²) in [5.74, 6) is -0.693. The van der Waals surface area contributed by atoms with E-state index in [1.165, 1.54) is 19.3 Å². The molecule has 1 atom stereocenters. The molecule has 1 aromatic heterocycles. The maximum Gasteiger partial charge on any atom is 0.317 e. The number of amides is 2. The predicted molar refractivity (Wildman–Crippen MR) is 91.3 cm³/mol. The molecule has 0 spiro atoms. The van der Waals surface area contributed by atoms with E-state index in [-0.39, 0.29) is 18.7 Å². The topological polar surface area (TPSA) is 91.8 Å². The molecule has 1 unspecified atom stereocenters. The lowest BCUT2D eigenvalue weighted by Crippen LogP contribution is -2.38. The molecule has 7 nitrogen and oxygen atoms in total. The number of likely N-dealkylation sites (tertiary alicyclic amines) is 1. The molecule has 0 radical (unpaired) electrons. The lowest BCUT2D eigenvalue weighted by atomic mass is 9.98. The van der Waals surface area contributed by atoms with E-state index in [2.05, 4.69) is 10.3 Å². The van der Waals surface area contributed by atoms with Crippen LogP contribution in [0.4, 0.5) is 4.79 Å². The van der Waals surface area contributed by atoms with Gasteiger partial charge in [-0.15, -0.1) is 0 Å². The van der Waals surface area contributed by atoms with Gasteiger partial charge in [0.05, 0.1) is 5.92 Å². The number of carbonyl (C=O) groups excluding carboxylic acids is 1. The van der Waals surface area contributed by atoms with Crippen molar-refractivity contribution in [1.29, 1.82) is 0 Å². The smallest absolute Gasteiger partial charge is 0.317 e. The van der Waals surface area contributed by atoms with Gasteiger partial charge in [-0.25, -0.2) is 9.78 Å². The van der Waals surface area contributed by atoms with Gasteiger partial charge in [0, 0.05) is 31.9 Å². The summed E-state index contributed by atoms with van der Waals surface area (Å²) in [5.41, 5.74) is 0.920. The van der Waals surface area contributed by atoms with Crippen LogP contribution < -0.4 is 10.1 Å². The number of hydrogen-bond acceptors (Lipinski definition) is 4. The van der Waals surface area contributed by atoms with Crippen molar-refractivity contribution in [3.63, 3.8) is 0 Å². The number of aromatic nitrogens is 1. The minimum atomic E-state index is -0.839. The van der Waals surface area contributed by atoms with Crippen molar-refractivity contribution < 1.29 is 19.4 Å². The molecular weight excluding hydrogens is 322 g/mol. The van der Waals surface area contributed by atoms with Crippen LogP contribution in [-0.2, 0) is 11.3 Å². The van der Waals surface area contributed by atoms with E-state index in [4.69, 9.17) is 9.84 Å². The summed E-state index contributed by atoms with van der Waals surface area (Å²) in [4.78, 5) is 28.9. The van der Waals surface area contributed by atoms with E-state index in [9.17, 15) is 9.59 Å². The third-order valence-electron chi connectivity index (χ3n) is 4.91. The van der Waals surface area contributed by atoms with Crippen LogP contribution in [-0.4, -0.2) is 46.2 Å². The average molecular weight is 347 g/mol. The van der Waals surface area contributed by atoms with E-state index < -0.39 is 11.9 Å². The van der Waals surface area contributed by atoms with E-state index >= 15 is 0 Å². The van der Waals surface area contributed by atoms with Gasteiger partial charge in [0.2, 0.25) is 5.88 Å². The number of carboxylic acid groups (broad SMARTS) is 1. The summed E-state index contributed by atoms with van der Waals surface area (Å²) in [6, 6.07) is 3.48. The summed E-state index contributed by atoms with van der Waals surface area (Å²) in [7, 11) is 0. The second kappa shape index (κ2) is 8.18. The zero-order valence-electron chi connectivity index (χ0n) is 14.3. The van der Waals surface area contributed by atoms with Gasteiger partial charge in [-0.1, -0.05) is 6.42 Å². The van der Waals surface area contributed by atoms with Gasteiger partial charge in [-0.05, 0) is 43.7 Å². The average Bonchev–Trinajstić information content (AvgIpc) is 3.11. The van der Waals surface area contributed by atoms with Gasteiger partial charge < -0.3 is 20.1 Å². The van der Waals surface area contributed by atoms with Gasteiger partial charge >= 0.3 is 12.0 Å². The normalized spacial score (nSPS) is 21.1. The molecule has 136 valence electrons. The first kappa shape index (κ1) is 17.5. The highest BCUT2D eigenvalue weighted by Crippen LogP contribution is 2.22. The SMILES string of the molecule is O=C(O)C1CCN(C(=O)NCc2ccnc(OC3CCCCC3)c2)C1. The summed E-state index contributed by atoms with van der Waals surface area (Å²) in [6.45, 7) is 1.12. The Balaban J connectivity index is 1.48. The van der Waals surface area contributed by atoms with Crippen LogP contribution in [0.2, 0.25) is 0 Å². The van der Waals surface area contributed by atoms with E-state index in [0.717, 1.165) is 18.4 Å². The molecule has 2 aliphatic rings. The van der Waals surface area contributed by atoms with Crippen LogP contribution in [0.3, 0.4) is 0 Å². The van der Waals surface area contributed by atoms with Gasteiger partial charge in [-0.2, -0.15) is 0 Å². The van der Waals surface area contributed by atoms with Crippen molar-refractivity contribution in [3.8, 4) is 5.88 Å². The quantitative estimate of drug-likeness (QED) is 0.853. The van der Waals surface area contributed by atoms with E-state index in [1.807, 2.05) is 12.1 Å². The monoisotopic (exact) mass is 347 g/mol. The molecule has 7 heteroatoms. The Morgan fingerprint density at radius 1 is 1.28 bits per heavy atom. The number of rotatable bonds is 5. The highest BCUT2D eigenvalue weighted by atomic mass is 16.5. The molecule has 1 saturated carbocycles. The largest absolute Gasteiger partial charge is 0.481 e. The van der Waals surface area contributed by atoms with Crippen LogP contribution in [0.25, 0.3) is 0 Å². The number of hydrogen-bond donors (Lipinski definition) is 2. The number of carboxylic acids is 1. The zero-order valence-corrected chi connectivity index (χ0v) is 14.3. The number of ether oxygens (including phenoxy) is 1. The van der Waals surface area contributed by atoms with Crippen molar-refractivity contribution >= 4 is 12.0 Å². The molecule has 2 amide bonds. The summed E-state index contributed by atoms with van der Waals surface area (Å²) in [5, 5.41) is 11.8. The van der Waals surface area contributed by atoms with Crippen molar-refractivity contribution in [1.82, 2.24) is 15.2 Å². The third-order valence-corrected chi connectivity index (χ3v) is 4.91. The first-order valence-corrected chi connectivity index (χ1v) is 8.99. The van der Waals surface area contributed by atoms with Gasteiger partial charge in [0.25, 0.3) is 0 Å². The molecule has 1 aliphatic carbocycles. The Kier molecular flexibility index (Phi) is 5.73. The van der Waals surface area contributed by atoms with Crippen molar-refractivity contribution in [2.24, 2.45) is 5.92 Å². The molecule has 25 heavy (non-hydrogen) atoms. The van der Waals surface area contributed by atoms with Crippen LogP contribution in [0.15, 0.2) is 18.3 Å². The first-order chi connectivity index (χ1) is 12.1. The molecule has 1 saturated heterocycles. The zero-order chi connectivity index (χ0) is 17.6. The number of carbonyl (C=O) groups is 2. The van der Waals surface area contributed by atoms with E-state index in [0.29, 0.717) is 25.4 Å². The number of pyridine rings is 1. The molecule has 2 N–H and O–H groups in total. The fraction of sp³-hybridized carbons (Fsp3) is 0.611. The first-order valence-electron chi connectivity index (χ1n) is 8.99. The fourth-order valence-corrected chi connectivity index (χ4v) is 3.41. The Hall–Kier alpha value is -2.31.